The molecule has 0 aliphatic carbocycles. The van der Waals surface area contributed by atoms with Crippen LogP contribution >= 0.6 is 34.7 Å². The number of fused-ring (bicyclic) bond motifs is 1. The molecule has 0 bridgehead atoms. The van der Waals surface area contributed by atoms with Crippen LogP contribution in [0.1, 0.15) is 15.9 Å². The van der Waals surface area contributed by atoms with Crippen LogP contribution in [-0.2, 0) is 5.75 Å². The molecule has 134 valence electrons. The summed E-state index contributed by atoms with van der Waals surface area (Å²) in [5, 5.41) is 14.6. The zero-order chi connectivity index (χ0) is 18.6. The average Bonchev–Trinajstić information content (AvgIpc) is 3.14. The van der Waals surface area contributed by atoms with E-state index in [1.54, 1.807) is 36.0 Å². The first-order valence-electron chi connectivity index (χ1n) is 8.19. The first kappa shape index (κ1) is 18.0. The van der Waals surface area contributed by atoms with E-state index < -0.39 is 0 Å². The Hall–Kier alpha value is -2.41. The second-order valence-corrected chi connectivity index (χ2v) is 8.40. The minimum Gasteiger partial charge on any atom is -0.296 e. The molecule has 0 atom stereocenters. The number of hydrogen-bond acceptors (Lipinski definition) is 5. The molecular formula is C20H14ClN3OS2. The van der Waals surface area contributed by atoms with E-state index in [1.165, 1.54) is 27.7 Å². The van der Waals surface area contributed by atoms with Gasteiger partial charge in [-0.15, -0.1) is 10.2 Å². The molecule has 7 heteroatoms. The average molecular weight is 412 g/mol. The van der Waals surface area contributed by atoms with Crippen LogP contribution in [-0.4, -0.2) is 16.1 Å². The van der Waals surface area contributed by atoms with Gasteiger partial charge in [-0.2, -0.15) is 0 Å². The third kappa shape index (κ3) is 4.30. The Bertz CT molecular complexity index is 1090. The molecule has 0 aliphatic rings. The van der Waals surface area contributed by atoms with Crippen LogP contribution in [0.15, 0.2) is 71.1 Å². The van der Waals surface area contributed by atoms with Crippen LogP contribution < -0.4 is 5.32 Å². The monoisotopic (exact) mass is 411 g/mol. The molecule has 1 heterocycles. The lowest BCUT2D eigenvalue weighted by molar-refractivity contribution is 0.102. The fourth-order valence-corrected chi connectivity index (χ4v) is 4.52. The minimum absolute atomic E-state index is 0.228. The topological polar surface area (TPSA) is 54.9 Å². The van der Waals surface area contributed by atoms with Gasteiger partial charge in [-0.1, -0.05) is 77.2 Å². The van der Waals surface area contributed by atoms with Crippen LogP contribution in [0, 0.1) is 0 Å². The summed E-state index contributed by atoms with van der Waals surface area (Å²) >= 11 is 8.82. The number of anilines is 1. The predicted octanol–water partition coefficient (Wildman–Crippen LogP) is 5.89. The summed E-state index contributed by atoms with van der Waals surface area (Å²) in [6, 6.07) is 21.3. The zero-order valence-electron chi connectivity index (χ0n) is 14.1. The first-order chi connectivity index (χ1) is 13.2. The Morgan fingerprint density at radius 3 is 2.63 bits per heavy atom. The molecule has 1 aromatic heterocycles. The highest BCUT2D eigenvalue weighted by atomic mass is 35.5. The number of nitrogens with zero attached hydrogens (tertiary/aromatic N) is 2. The first-order valence-corrected chi connectivity index (χ1v) is 10.4. The van der Waals surface area contributed by atoms with Crippen molar-refractivity contribution in [2.75, 3.05) is 5.32 Å². The highest BCUT2D eigenvalue weighted by Crippen LogP contribution is 2.31. The molecule has 0 saturated carbocycles. The van der Waals surface area contributed by atoms with Gasteiger partial charge in [0.2, 0.25) is 5.13 Å². The van der Waals surface area contributed by atoms with Gasteiger partial charge in [0, 0.05) is 16.3 Å². The molecule has 0 spiro atoms. The Kier molecular flexibility index (Phi) is 5.38. The van der Waals surface area contributed by atoms with Gasteiger partial charge in [0.05, 0.1) is 0 Å². The number of amides is 1. The van der Waals surface area contributed by atoms with Crippen molar-refractivity contribution >= 4 is 56.5 Å². The largest absolute Gasteiger partial charge is 0.296 e. The second kappa shape index (κ2) is 8.08. The summed E-state index contributed by atoms with van der Waals surface area (Å²) in [6.45, 7) is 0. The van der Waals surface area contributed by atoms with E-state index >= 15 is 0 Å². The molecular weight excluding hydrogens is 398 g/mol. The molecule has 0 unspecified atom stereocenters. The summed E-state index contributed by atoms with van der Waals surface area (Å²) in [5.74, 6) is 0.564. The molecule has 0 radical (unpaired) electrons. The van der Waals surface area contributed by atoms with Crippen molar-refractivity contribution in [2.24, 2.45) is 0 Å². The number of nitrogens with one attached hydrogen (secondary N) is 1. The van der Waals surface area contributed by atoms with Crippen LogP contribution in [0.5, 0.6) is 0 Å². The quantitative estimate of drug-likeness (QED) is 0.328. The number of rotatable bonds is 5. The van der Waals surface area contributed by atoms with Crippen molar-refractivity contribution in [3.05, 3.63) is 82.9 Å². The number of benzene rings is 3. The lowest BCUT2D eigenvalue weighted by Crippen LogP contribution is -2.11. The van der Waals surface area contributed by atoms with Gasteiger partial charge >= 0.3 is 0 Å². The molecule has 1 amide bonds. The maximum absolute atomic E-state index is 12.2. The van der Waals surface area contributed by atoms with Gasteiger partial charge in [-0.25, -0.2) is 0 Å². The number of carbonyl (C=O) groups is 1. The maximum atomic E-state index is 12.2. The number of hydrogen-bond donors (Lipinski definition) is 1. The van der Waals surface area contributed by atoms with Crippen molar-refractivity contribution in [1.29, 1.82) is 0 Å². The highest BCUT2D eigenvalue weighted by Gasteiger charge is 2.11. The van der Waals surface area contributed by atoms with Crippen LogP contribution in [0.3, 0.4) is 0 Å². The Labute approximate surface area is 169 Å². The van der Waals surface area contributed by atoms with Gasteiger partial charge in [0.15, 0.2) is 4.34 Å². The van der Waals surface area contributed by atoms with E-state index in [9.17, 15) is 4.79 Å². The summed E-state index contributed by atoms with van der Waals surface area (Å²) < 4.78 is 0.814. The molecule has 0 aliphatic heterocycles. The predicted molar refractivity (Wildman–Crippen MR) is 113 cm³/mol. The summed E-state index contributed by atoms with van der Waals surface area (Å²) in [6.07, 6.45) is 0. The summed E-state index contributed by atoms with van der Waals surface area (Å²) in [7, 11) is 0. The van der Waals surface area contributed by atoms with Gasteiger partial charge < -0.3 is 0 Å². The number of aromatic nitrogens is 2. The zero-order valence-corrected chi connectivity index (χ0v) is 16.4. The van der Waals surface area contributed by atoms with E-state index in [0.29, 0.717) is 15.7 Å². The Balaban J connectivity index is 1.42. The van der Waals surface area contributed by atoms with Crippen molar-refractivity contribution in [3.63, 3.8) is 0 Å². The van der Waals surface area contributed by atoms with Gasteiger partial charge in [-0.3, -0.25) is 10.1 Å². The van der Waals surface area contributed by atoms with Gasteiger partial charge in [-0.05, 0) is 40.6 Å². The standard InChI is InChI=1S/C20H14ClN3OS2/c21-16-10-8-14(9-11-16)18(25)22-19-23-24-20(27-19)26-12-15-6-3-5-13-4-1-2-7-17(13)15/h1-11H,12H2,(H,22,23,25). The third-order valence-corrected chi connectivity index (χ3v) is 6.24. The summed E-state index contributed by atoms with van der Waals surface area (Å²) in [4.78, 5) is 12.2. The molecule has 0 saturated heterocycles. The van der Waals surface area contributed by atoms with Crippen LogP contribution in [0.2, 0.25) is 5.02 Å². The van der Waals surface area contributed by atoms with E-state index in [4.69, 9.17) is 11.6 Å². The highest BCUT2D eigenvalue weighted by molar-refractivity contribution is 8.00. The van der Waals surface area contributed by atoms with Gasteiger partial charge in [0.1, 0.15) is 0 Å². The number of carbonyl (C=O) groups excluding carboxylic acids is 1. The van der Waals surface area contributed by atoms with E-state index in [2.05, 4.69) is 45.8 Å². The number of halogens is 1. The van der Waals surface area contributed by atoms with Crippen molar-refractivity contribution < 1.29 is 4.79 Å². The normalized spacial score (nSPS) is 10.9. The fraction of sp³-hybridized carbons (Fsp3) is 0.0500. The van der Waals surface area contributed by atoms with Crippen LogP contribution in [0.25, 0.3) is 10.8 Å². The molecule has 1 N–H and O–H groups in total. The van der Waals surface area contributed by atoms with E-state index in [0.717, 1.165) is 10.1 Å². The lowest BCUT2D eigenvalue weighted by atomic mass is 10.1. The van der Waals surface area contributed by atoms with Gasteiger partial charge in [0.25, 0.3) is 5.91 Å². The van der Waals surface area contributed by atoms with Crippen molar-refractivity contribution in [3.8, 4) is 0 Å². The Morgan fingerprint density at radius 2 is 1.78 bits per heavy atom. The smallest absolute Gasteiger partial charge is 0.257 e. The molecule has 4 nitrogen and oxygen atoms in total. The minimum atomic E-state index is -0.228. The molecule has 3 aromatic carbocycles. The third-order valence-electron chi connectivity index (χ3n) is 3.96. The van der Waals surface area contributed by atoms with E-state index in [1.807, 2.05) is 12.1 Å². The fourth-order valence-electron chi connectivity index (χ4n) is 2.65. The molecule has 27 heavy (non-hydrogen) atoms. The lowest BCUT2D eigenvalue weighted by Gasteiger charge is -2.04. The molecule has 4 aromatic rings. The van der Waals surface area contributed by atoms with E-state index in [-0.39, 0.29) is 5.91 Å². The summed E-state index contributed by atoms with van der Waals surface area (Å²) in [5.41, 5.74) is 1.78. The second-order valence-electron chi connectivity index (χ2n) is 5.76. The van der Waals surface area contributed by atoms with Crippen molar-refractivity contribution in [1.82, 2.24) is 10.2 Å². The molecule has 4 rings (SSSR count). The SMILES string of the molecule is O=C(Nc1nnc(SCc2cccc3ccccc23)s1)c1ccc(Cl)cc1. The maximum Gasteiger partial charge on any atom is 0.257 e. The Morgan fingerprint density at radius 1 is 1.00 bits per heavy atom. The molecule has 0 fully saturated rings. The number of thioether (sulfide) groups is 1. The van der Waals surface area contributed by atoms with Crippen molar-refractivity contribution in [2.45, 2.75) is 10.1 Å². The van der Waals surface area contributed by atoms with Crippen LogP contribution in [0.4, 0.5) is 5.13 Å².